The molecule has 3 aromatic rings. The van der Waals surface area contributed by atoms with E-state index in [4.69, 9.17) is 9.47 Å². The van der Waals surface area contributed by atoms with Crippen LogP contribution in [0.4, 0.5) is 37.8 Å². The molecule has 0 radical (unpaired) electrons. The fraction of sp³-hybridized carbons (Fsp3) is 0.571. The van der Waals surface area contributed by atoms with Gasteiger partial charge in [0.1, 0.15) is 11.9 Å². The number of halogens is 6. The Labute approximate surface area is 199 Å². The van der Waals surface area contributed by atoms with Crippen molar-refractivity contribution in [2.45, 2.75) is 43.3 Å². The minimum absolute atomic E-state index is 0.0649. The Bertz CT molecular complexity index is 1240. The molecule has 0 aliphatic carbocycles. The van der Waals surface area contributed by atoms with Gasteiger partial charge in [-0.05, 0) is 12.8 Å². The van der Waals surface area contributed by atoms with Gasteiger partial charge >= 0.3 is 12.4 Å². The maximum atomic E-state index is 14.2. The van der Waals surface area contributed by atoms with Crippen LogP contribution < -0.4 is 9.80 Å². The van der Waals surface area contributed by atoms with E-state index in [1.54, 1.807) is 0 Å². The number of anilines is 2. The first kappa shape index (κ1) is 23.3. The number of nitrogens with one attached hydrogen (secondary N) is 1. The highest BCUT2D eigenvalue weighted by Gasteiger charge is 2.48. The van der Waals surface area contributed by atoms with Gasteiger partial charge in [0.25, 0.3) is 0 Å². The predicted octanol–water partition coefficient (Wildman–Crippen LogP) is 3.30. The highest BCUT2D eigenvalue weighted by Crippen LogP contribution is 2.44. The molecule has 3 saturated heterocycles. The van der Waals surface area contributed by atoms with E-state index in [1.165, 1.54) is 18.3 Å². The van der Waals surface area contributed by atoms with Gasteiger partial charge in [-0.3, -0.25) is 5.10 Å². The first-order chi connectivity index (χ1) is 17.1. The molecule has 36 heavy (non-hydrogen) atoms. The lowest BCUT2D eigenvalue weighted by Gasteiger charge is -2.40. The molecule has 3 fully saturated rings. The summed E-state index contributed by atoms with van der Waals surface area (Å²) < 4.78 is 96.3. The number of aromatic amines is 1. The van der Waals surface area contributed by atoms with E-state index >= 15 is 0 Å². The molecule has 6 heterocycles. The van der Waals surface area contributed by atoms with Crippen molar-refractivity contribution in [3.05, 3.63) is 24.0 Å². The summed E-state index contributed by atoms with van der Waals surface area (Å²) in [6, 6.07) is 0.469. The van der Waals surface area contributed by atoms with Crippen molar-refractivity contribution in [3.63, 3.8) is 0 Å². The molecule has 15 heteroatoms. The zero-order chi connectivity index (χ0) is 25.2. The van der Waals surface area contributed by atoms with Crippen LogP contribution in [0.15, 0.2) is 18.3 Å². The summed E-state index contributed by atoms with van der Waals surface area (Å²) in [4.78, 5) is 7.45. The number of hydrogen-bond acceptors (Lipinski definition) is 7. The molecule has 3 aliphatic rings. The Balaban J connectivity index is 1.64. The van der Waals surface area contributed by atoms with E-state index in [1.807, 2.05) is 4.90 Å². The molecule has 0 saturated carbocycles. The van der Waals surface area contributed by atoms with Crippen LogP contribution in [0, 0.1) is 0 Å². The monoisotopic (exact) mass is 517 g/mol. The van der Waals surface area contributed by atoms with Gasteiger partial charge in [0.05, 0.1) is 55.8 Å². The maximum absolute atomic E-state index is 14.2. The lowest BCUT2D eigenvalue weighted by molar-refractivity contribution is -0.167. The normalized spacial score (nSPS) is 25.2. The third-order valence-electron chi connectivity index (χ3n) is 6.91. The van der Waals surface area contributed by atoms with Crippen molar-refractivity contribution in [1.82, 2.24) is 25.0 Å². The van der Waals surface area contributed by atoms with Gasteiger partial charge in [-0.1, -0.05) is 0 Å². The van der Waals surface area contributed by atoms with Crippen LogP contribution in [0.1, 0.15) is 18.5 Å². The standard InChI is InChI=1S/C21H21F6N7O2/c22-20(23,24)14-10-35-6-5-32(14)13-7-16(33-11-1-2-12(33)9-36-8-11)29-19-17(13)18(21(25,26)27)31-34(19)15-3-4-28-30-15/h3-4,7,11-12,14H,1-2,5-6,8-10H2,(H,28,30)/t11?,12?,14-/m1/s1. The van der Waals surface area contributed by atoms with Crippen molar-refractivity contribution in [1.29, 1.82) is 0 Å². The minimum Gasteiger partial charge on any atom is -0.377 e. The second kappa shape index (κ2) is 8.23. The number of fused-ring (bicyclic) bond motifs is 3. The van der Waals surface area contributed by atoms with Crippen LogP contribution in [0.3, 0.4) is 0 Å². The lowest BCUT2D eigenvalue weighted by atomic mass is 10.1. The number of morpholine rings is 2. The molecule has 6 rings (SSSR count). The molecule has 9 nitrogen and oxygen atoms in total. The number of rotatable bonds is 3. The van der Waals surface area contributed by atoms with Gasteiger partial charge in [-0.25, -0.2) is 4.98 Å². The Hall–Kier alpha value is -3.07. The number of aromatic nitrogens is 5. The summed E-state index contributed by atoms with van der Waals surface area (Å²) in [6.07, 6.45) is -6.76. The summed E-state index contributed by atoms with van der Waals surface area (Å²) in [6.45, 7) is -0.193. The van der Waals surface area contributed by atoms with Gasteiger partial charge in [0.15, 0.2) is 17.2 Å². The quantitative estimate of drug-likeness (QED) is 0.534. The fourth-order valence-corrected chi connectivity index (χ4v) is 5.34. The van der Waals surface area contributed by atoms with E-state index in [9.17, 15) is 26.3 Å². The number of H-pyrrole nitrogens is 1. The maximum Gasteiger partial charge on any atom is 0.435 e. The Morgan fingerprint density at radius 2 is 1.75 bits per heavy atom. The van der Waals surface area contributed by atoms with Crippen LogP contribution in [0.25, 0.3) is 16.9 Å². The SMILES string of the molecule is FC(F)(F)c1nn(-c2ccn[nH]2)c2nc(N3C4CCC3COC4)cc(N3CCOC[C@@H]3C(F)(F)F)c12. The second-order valence-electron chi connectivity index (χ2n) is 9.05. The summed E-state index contributed by atoms with van der Waals surface area (Å²) in [5.41, 5.74) is -1.76. The van der Waals surface area contributed by atoms with E-state index in [2.05, 4.69) is 20.3 Å². The Morgan fingerprint density at radius 1 is 1.00 bits per heavy atom. The van der Waals surface area contributed by atoms with Crippen LogP contribution in [0.2, 0.25) is 0 Å². The molecular weight excluding hydrogens is 496 g/mol. The van der Waals surface area contributed by atoms with Crippen molar-refractivity contribution in [3.8, 4) is 5.82 Å². The van der Waals surface area contributed by atoms with E-state index < -0.39 is 36.1 Å². The zero-order valence-corrected chi connectivity index (χ0v) is 18.7. The molecule has 3 atom stereocenters. The topological polar surface area (TPSA) is 84.3 Å². The van der Waals surface area contributed by atoms with Gasteiger partial charge in [-0.15, -0.1) is 0 Å². The molecule has 0 spiro atoms. The number of hydrogen-bond donors (Lipinski definition) is 1. The van der Waals surface area contributed by atoms with Crippen LogP contribution in [0.5, 0.6) is 0 Å². The van der Waals surface area contributed by atoms with E-state index in [-0.39, 0.29) is 48.2 Å². The van der Waals surface area contributed by atoms with E-state index in [0.29, 0.717) is 13.2 Å². The Morgan fingerprint density at radius 3 is 2.39 bits per heavy atom. The summed E-state index contributed by atoms with van der Waals surface area (Å²) in [5.74, 6) is 0.389. The van der Waals surface area contributed by atoms with Crippen LogP contribution >= 0.6 is 0 Å². The molecule has 194 valence electrons. The van der Waals surface area contributed by atoms with E-state index in [0.717, 1.165) is 22.4 Å². The zero-order valence-electron chi connectivity index (χ0n) is 18.7. The second-order valence-corrected chi connectivity index (χ2v) is 9.05. The van der Waals surface area contributed by atoms with Crippen molar-refractivity contribution in [2.75, 3.05) is 42.8 Å². The van der Waals surface area contributed by atoms with Crippen LogP contribution in [-0.4, -0.2) is 82.2 Å². The lowest BCUT2D eigenvalue weighted by Crippen LogP contribution is -2.54. The summed E-state index contributed by atoms with van der Waals surface area (Å²) in [7, 11) is 0. The first-order valence-electron chi connectivity index (χ1n) is 11.4. The highest BCUT2D eigenvalue weighted by molar-refractivity contribution is 5.95. The van der Waals surface area contributed by atoms with Gasteiger partial charge in [0.2, 0.25) is 0 Å². The molecular formula is C21H21F6N7O2. The van der Waals surface area contributed by atoms with Crippen molar-refractivity contribution >= 4 is 22.5 Å². The smallest absolute Gasteiger partial charge is 0.377 e. The number of pyridine rings is 1. The summed E-state index contributed by atoms with van der Waals surface area (Å²) in [5, 5.41) is 9.61. The number of nitrogens with zero attached hydrogens (tertiary/aromatic N) is 6. The molecule has 2 unspecified atom stereocenters. The highest BCUT2D eigenvalue weighted by atomic mass is 19.4. The molecule has 2 bridgehead atoms. The van der Waals surface area contributed by atoms with Gasteiger partial charge in [0, 0.05) is 18.7 Å². The number of alkyl halides is 6. The Kier molecular flexibility index (Phi) is 5.33. The minimum atomic E-state index is -4.94. The van der Waals surface area contributed by atoms with Gasteiger partial charge in [-0.2, -0.15) is 41.2 Å². The number of ether oxygens (including phenoxy) is 2. The molecule has 3 aliphatic heterocycles. The molecule has 0 amide bonds. The average Bonchev–Trinajstić information content (AvgIpc) is 3.54. The van der Waals surface area contributed by atoms with Gasteiger partial charge < -0.3 is 19.3 Å². The molecule has 1 N–H and O–H groups in total. The third-order valence-corrected chi connectivity index (χ3v) is 6.91. The van der Waals surface area contributed by atoms with Crippen LogP contribution in [-0.2, 0) is 15.7 Å². The predicted molar refractivity (Wildman–Crippen MR) is 114 cm³/mol. The largest absolute Gasteiger partial charge is 0.435 e. The first-order valence-corrected chi connectivity index (χ1v) is 11.4. The third kappa shape index (κ3) is 3.75. The fourth-order valence-electron chi connectivity index (χ4n) is 5.34. The average molecular weight is 517 g/mol. The molecule has 0 aromatic carbocycles. The van der Waals surface area contributed by atoms with Crippen molar-refractivity contribution in [2.24, 2.45) is 0 Å². The summed E-state index contributed by atoms with van der Waals surface area (Å²) >= 11 is 0. The van der Waals surface area contributed by atoms with Crippen molar-refractivity contribution < 1.29 is 35.8 Å². The molecule has 3 aromatic heterocycles.